The zero-order valence-corrected chi connectivity index (χ0v) is 10.1. The summed E-state index contributed by atoms with van der Waals surface area (Å²) < 4.78 is 0. The summed E-state index contributed by atoms with van der Waals surface area (Å²) in [5, 5.41) is 20.3. The first-order chi connectivity index (χ1) is 8.31. The summed E-state index contributed by atoms with van der Waals surface area (Å²) in [6, 6.07) is 3.86. The lowest BCUT2D eigenvalue weighted by atomic mass is 9.99. The highest BCUT2D eigenvalue weighted by Gasteiger charge is 2.17. The van der Waals surface area contributed by atoms with Crippen molar-refractivity contribution in [1.82, 2.24) is 15.5 Å². The Labute approximate surface area is 101 Å². The van der Waals surface area contributed by atoms with Gasteiger partial charge in [0.2, 0.25) is 0 Å². The van der Waals surface area contributed by atoms with Crippen molar-refractivity contribution in [2.75, 3.05) is 31.6 Å². The van der Waals surface area contributed by atoms with Gasteiger partial charge >= 0.3 is 0 Å². The molecule has 0 bridgehead atoms. The normalized spacial score (nSPS) is 19.6. The monoisotopic (exact) mass is 231 g/mol. The first-order valence-electron chi connectivity index (χ1n) is 5.95. The van der Waals surface area contributed by atoms with Crippen LogP contribution >= 0.6 is 0 Å². The Balaban J connectivity index is 2.03. The molecule has 2 heterocycles. The molecule has 1 saturated heterocycles. The summed E-state index contributed by atoms with van der Waals surface area (Å²) in [5.41, 5.74) is 0.589. The zero-order valence-electron chi connectivity index (χ0n) is 10.1. The van der Waals surface area contributed by atoms with Gasteiger partial charge in [0.05, 0.1) is 11.8 Å². The van der Waals surface area contributed by atoms with Crippen LogP contribution in [0, 0.1) is 17.2 Å². The minimum absolute atomic E-state index is 0.589. The van der Waals surface area contributed by atoms with Crippen molar-refractivity contribution in [2.24, 2.45) is 5.92 Å². The Kier molecular flexibility index (Phi) is 3.89. The Hall–Kier alpha value is -1.67. The van der Waals surface area contributed by atoms with E-state index >= 15 is 0 Å². The molecule has 1 aliphatic rings. The number of anilines is 1. The van der Waals surface area contributed by atoms with Crippen LogP contribution in [0.2, 0.25) is 0 Å². The summed E-state index contributed by atoms with van der Waals surface area (Å²) in [6.07, 6.45) is 4.02. The molecule has 0 amide bonds. The fraction of sp³-hybridized carbons (Fsp3) is 0.583. The second kappa shape index (κ2) is 5.60. The second-order valence-electron chi connectivity index (χ2n) is 4.47. The minimum Gasteiger partial charge on any atom is -0.357 e. The van der Waals surface area contributed by atoms with Gasteiger partial charge in [-0.25, -0.2) is 0 Å². The Morgan fingerprint density at radius 1 is 1.65 bits per heavy atom. The van der Waals surface area contributed by atoms with Crippen LogP contribution in [0.4, 0.5) is 5.82 Å². The Morgan fingerprint density at radius 3 is 3.24 bits per heavy atom. The molecule has 1 aliphatic heterocycles. The molecule has 5 heteroatoms. The van der Waals surface area contributed by atoms with Crippen molar-refractivity contribution in [3.8, 4) is 6.07 Å². The largest absolute Gasteiger partial charge is 0.357 e. The van der Waals surface area contributed by atoms with Gasteiger partial charge in [0.15, 0.2) is 5.82 Å². The predicted octanol–water partition coefficient (Wildman–Crippen LogP) is 0.784. The van der Waals surface area contributed by atoms with Gasteiger partial charge in [-0.3, -0.25) is 0 Å². The zero-order chi connectivity index (χ0) is 12.1. The fourth-order valence-corrected chi connectivity index (χ4v) is 2.25. The molecule has 2 rings (SSSR count). The summed E-state index contributed by atoms with van der Waals surface area (Å²) in [7, 11) is 1.97. The summed E-state index contributed by atoms with van der Waals surface area (Å²) in [6.45, 7) is 3.08. The van der Waals surface area contributed by atoms with Crippen molar-refractivity contribution < 1.29 is 0 Å². The molecule has 1 N–H and O–H groups in total. The number of hydrogen-bond acceptors (Lipinski definition) is 5. The maximum Gasteiger partial charge on any atom is 0.168 e. The van der Waals surface area contributed by atoms with Crippen LogP contribution in [0.25, 0.3) is 0 Å². The Morgan fingerprint density at radius 2 is 2.53 bits per heavy atom. The third kappa shape index (κ3) is 2.92. The van der Waals surface area contributed by atoms with E-state index in [1.165, 1.54) is 12.8 Å². The lowest BCUT2D eigenvalue weighted by molar-refractivity contribution is 0.380. The predicted molar refractivity (Wildman–Crippen MR) is 65.6 cm³/mol. The third-order valence-corrected chi connectivity index (χ3v) is 3.11. The lowest BCUT2D eigenvalue weighted by Crippen LogP contribution is -2.37. The maximum absolute atomic E-state index is 9.02. The molecule has 0 aromatic carbocycles. The van der Waals surface area contributed by atoms with Crippen LogP contribution in [0.5, 0.6) is 0 Å². The molecule has 1 aromatic rings. The van der Waals surface area contributed by atoms with Crippen LogP contribution < -0.4 is 10.2 Å². The van der Waals surface area contributed by atoms with Crippen molar-refractivity contribution >= 4 is 5.82 Å². The molecule has 1 unspecified atom stereocenters. The van der Waals surface area contributed by atoms with E-state index < -0.39 is 0 Å². The molecular formula is C12H17N5. The van der Waals surface area contributed by atoms with Crippen LogP contribution in [-0.2, 0) is 0 Å². The molecule has 90 valence electrons. The topological polar surface area (TPSA) is 64.8 Å². The number of rotatable bonds is 3. The highest BCUT2D eigenvalue weighted by Crippen LogP contribution is 2.17. The molecule has 0 radical (unpaired) electrons. The van der Waals surface area contributed by atoms with Gasteiger partial charge < -0.3 is 10.2 Å². The van der Waals surface area contributed by atoms with Crippen LogP contribution in [0.15, 0.2) is 12.3 Å². The van der Waals surface area contributed by atoms with Crippen molar-refractivity contribution in [3.05, 3.63) is 17.8 Å². The van der Waals surface area contributed by atoms with Gasteiger partial charge in [-0.15, -0.1) is 5.10 Å². The van der Waals surface area contributed by atoms with Gasteiger partial charge in [0.25, 0.3) is 0 Å². The average molecular weight is 231 g/mol. The molecule has 1 atom stereocenters. The first-order valence-corrected chi connectivity index (χ1v) is 5.95. The average Bonchev–Trinajstić information content (AvgIpc) is 2.40. The molecule has 5 nitrogen and oxygen atoms in total. The van der Waals surface area contributed by atoms with E-state index in [2.05, 4.69) is 21.6 Å². The van der Waals surface area contributed by atoms with Crippen LogP contribution in [0.3, 0.4) is 0 Å². The molecule has 0 saturated carbocycles. The quantitative estimate of drug-likeness (QED) is 0.833. The van der Waals surface area contributed by atoms with E-state index in [-0.39, 0.29) is 0 Å². The summed E-state index contributed by atoms with van der Waals surface area (Å²) in [5.74, 6) is 1.31. The number of hydrogen-bond donors (Lipinski definition) is 1. The number of nitrogens with zero attached hydrogens (tertiary/aromatic N) is 4. The molecule has 0 aliphatic carbocycles. The van der Waals surface area contributed by atoms with Crippen molar-refractivity contribution in [3.63, 3.8) is 0 Å². The van der Waals surface area contributed by atoms with Crippen LogP contribution in [-0.4, -0.2) is 36.9 Å². The third-order valence-electron chi connectivity index (χ3n) is 3.11. The van der Waals surface area contributed by atoms with E-state index in [9.17, 15) is 0 Å². The lowest BCUT2D eigenvalue weighted by Gasteiger charge is -2.28. The SMILES string of the molecule is CN(CC1CCCNC1)c1nnccc1C#N. The first kappa shape index (κ1) is 11.8. The summed E-state index contributed by atoms with van der Waals surface area (Å²) >= 11 is 0. The van der Waals surface area contributed by atoms with Crippen LogP contribution in [0.1, 0.15) is 18.4 Å². The molecule has 1 fully saturated rings. The van der Waals surface area contributed by atoms with E-state index in [4.69, 9.17) is 5.26 Å². The maximum atomic E-state index is 9.02. The van der Waals surface area contributed by atoms with E-state index in [1.54, 1.807) is 12.3 Å². The standard InChI is InChI=1S/C12H17N5/c1-17(9-10-3-2-5-14-8-10)12-11(7-13)4-6-15-16-12/h4,6,10,14H,2-3,5,8-9H2,1H3. The highest BCUT2D eigenvalue weighted by atomic mass is 15.2. The van der Waals surface area contributed by atoms with E-state index in [0.29, 0.717) is 17.3 Å². The van der Waals surface area contributed by atoms with Gasteiger partial charge in [0, 0.05) is 13.6 Å². The highest BCUT2D eigenvalue weighted by molar-refractivity contribution is 5.51. The van der Waals surface area contributed by atoms with E-state index in [1.807, 2.05) is 11.9 Å². The Bertz CT molecular complexity index is 406. The fourth-order valence-electron chi connectivity index (χ4n) is 2.25. The van der Waals surface area contributed by atoms with Gasteiger partial charge in [-0.05, 0) is 37.9 Å². The summed E-state index contributed by atoms with van der Waals surface area (Å²) in [4.78, 5) is 2.03. The molecular weight excluding hydrogens is 214 g/mol. The minimum atomic E-state index is 0.589. The molecule has 1 aromatic heterocycles. The number of aromatic nitrogens is 2. The van der Waals surface area contributed by atoms with Gasteiger partial charge in [0.1, 0.15) is 6.07 Å². The van der Waals surface area contributed by atoms with E-state index in [0.717, 1.165) is 19.6 Å². The molecule has 17 heavy (non-hydrogen) atoms. The smallest absolute Gasteiger partial charge is 0.168 e. The number of nitrogens with one attached hydrogen (secondary N) is 1. The second-order valence-corrected chi connectivity index (χ2v) is 4.47. The molecule has 0 spiro atoms. The number of piperidine rings is 1. The van der Waals surface area contributed by atoms with Gasteiger partial charge in [-0.1, -0.05) is 0 Å². The van der Waals surface area contributed by atoms with Crippen molar-refractivity contribution in [2.45, 2.75) is 12.8 Å². The number of nitriles is 1. The van der Waals surface area contributed by atoms with Gasteiger partial charge in [-0.2, -0.15) is 10.4 Å². The van der Waals surface area contributed by atoms with Crippen molar-refractivity contribution in [1.29, 1.82) is 5.26 Å².